The fourth-order valence-electron chi connectivity index (χ4n) is 1.46. The van der Waals surface area contributed by atoms with E-state index < -0.39 is 0 Å². The molecule has 0 aliphatic heterocycles. The molecular weight excluding hydrogens is 329 g/mol. The summed E-state index contributed by atoms with van der Waals surface area (Å²) in [4.78, 5) is 11.4. The standard InChI is InChI=1S/C10H12Br2FNO/c1-14-9(15)7-2-8(13)4-10(3-7,5-11)6-12/h2-3H,4-6H2,1H3,(H,14,15). The van der Waals surface area contributed by atoms with Crippen LogP contribution in [-0.4, -0.2) is 23.6 Å². The molecule has 0 radical (unpaired) electrons. The van der Waals surface area contributed by atoms with E-state index in [-0.39, 0.29) is 17.1 Å². The van der Waals surface area contributed by atoms with Crippen LogP contribution in [0.1, 0.15) is 6.42 Å². The SMILES string of the molecule is CNC(=O)C1=CC(CBr)(CBr)CC(F)=C1. The van der Waals surface area contributed by atoms with Crippen LogP contribution in [-0.2, 0) is 4.79 Å². The largest absolute Gasteiger partial charge is 0.355 e. The molecule has 0 bridgehead atoms. The van der Waals surface area contributed by atoms with Crippen molar-refractivity contribution in [3.63, 3.8) is 0 Å². The summed E-state index contributed by atoms with van der Waals surface area (Å²) in [6, 6.07) is 0. The lowest BCUT2D eigenvalue weighted by molar-refractivity contribution is -0.116. The fraction of sp³-hybridized carbons (Fsp3) is 0.500. The van der Waals surface area contributed by atoms with Crippen molar-refractivity contribution in [1.29, 1.82) is 0 Å². The second-order valence-electron chi connectivity index (χ2n) is 3.58. The number of halogens is 3. The van der Waals surface area contributed by atoms with Crippen molar-refractivity contribution in [2.24, 2.45) is 5.41 Å². The van der Waals surface area contributed by atoms with Crippen molar-refractivity contribution in [2.45, 2.75) is 6.42 Å². The van der Waals surface area contributed by atoms with Crippen LogP contribution >= 0.6 is 31.9 Å². The molecule has 0 saturated carbocycles. The molecule has 2 nitrogen and oxygen atoms in total. The fourth-order valence-corrected chi connectivity index (χ4v) is 3.11. The average molecular weight is 341 g/mol. The monoisotopic (exact) mass is 339 g/mol. The maximum Gasteiger partial charge on any atom is 0.250 e. The number of nitrogens with one attached hydrogen (secondary N) is 1. The van der Waals surface area contributed by atoms with Gasteiger partial charge in [-0.3, -0.25) is 4.79 Å². The van der Waals surface area contributed by atoms with Crippen LogP contribution in [0.3, 0.4) is 0 Å². The average Bonchev–Trinajstić information content (AvgIpc) is 2.27. The molecule has 5 heteroatoms. The Morgan fingerprint density at radius 1 is 1.60 bits per heavy atom. The molecule has 0 aromatic rings. The van der Waals surface area contributed by atoms with Crippen LogP contribution in [0.15, 0.2) is 23.6 Å². The molecule has 0 saturated heterocycles. The van der Waals surface area contributed by atoms with Gasteiger partial charge in [0.25, 0.3) is 5.91 Å². The summed E-state index contributed by atoms with van der Waals surface area (Å²) in [7, 11) is 1.54. The molecule has 1 N–H and O–H groups in total. The highest BCUT2D eigenvalue weighted by molar-refractivity contribution is 9.09. The van der Waals surface area contributed by atoms with Gasteiger partial charge in [-0.2, -0.15) is 0 Å². The molecule has 1 aliphatic rings. The molecule has 0 fully saturated rings. The number of hydrogen-bond acceptors (Lipinski definition) is 1. The Balaban J connectivity index is 3.04. The second-order valence-corrected chi connectivity index (χ2v) is 4.70. The predicted octanol–water partition coefficient (Wildman–Crippen LogP) is 2.69. The topological polar surface area (TPSA) is 29.1 Å². The summed E-state index contributed by atoms with van der Waals surface area (Å²) in [5, 5.41) is 3.73. The summed E-state index contributed by atoms with van der Waals surface area (Å²) in [5.74, 6) is -0.508. The molecule has 1 aliphatic carbocycles. The van der Waals surface area contributed by atoms with Crippen molar-refractivity contribution in [2.75, 3.05) is 17.7 Å². The quantitative estimate of drug-likeness (QED) is 0.786. The van der Waals surface area contributed by atoms with Gasteiger partial charge in [-0.1, -0.05) is 37.9 Å². The normalized spacial score (nSPS) is 19.2. The predicted molar refractivity (Wildman–Crippen MR) is 66.0 cm³/mol. The molecule has 0 unspecified atom stereocenters. The first-order chi connectivity index (χ1) is 7.06. The summed E-state index contributed by atoms with van der Waals surface area (Å²) in [6.07, 6.45) is 3.44. The zero-order chi connectivity index (χ0) is 11.5. The van der Waals surface area contributed by atoms with E-state index in [0.29, 0.717) is 22.7 Å². The van der Waals surface area contributed by atoms with Gasteiger partial charge in [0.05, 0.1) is 0 Å². The number of amides is 1. The van der Waals surface area contributed by atoms with Gasteiger partial charge < -0.3 is 5.32 Å². The first kappa shape index (κ1) is 12.9. The molecule has 0 atom stereocenters. The van der Waals surface area contributed by atoms with Crippen LogP contribution in [0.4, 0.5) is 4.39 Å². The minimum absolute atomic E-state index is 0.254. The minimum atomic E-state index is -0.347. The number of hydrogen-bond donors (Lipinski definition) is 1. The van der Waals surface area contributed by atoms with Crippen molar-refractivity contribution >= 4 is 37.8 Å². The summed E-state index contributed by atoms with van der Waals surface area (Å²) >= 11 is 6.71. The minimum Gasteiger partial charge on any atom is -0.355 e. The Kier molecular flexibility index (Phi) is 4.52. The van der Waals surface area contributed by atoms with Crippen LogP contribution in [0, 0.1) is 5.41 Å². The Hall–Kier alpha value is -0.160. The third-order valence-electron chi connectivity index (χ3n) is 2.32. The molecule has 1 rings (SSSR count). The van der Waals surface area contributed by atoms with E-state index in [0.717, 1.165) is 0 Å². The second kappa shape index (κ2) is 5.25. The Labute approximate surface area is 105 Å². The van der Waals surface area contributed by atoms with Gasteiger partial charge in [0.15, 0.2) is 0 Å². The summed E-state index contributed by atoms with van der Waals surface area (Å²) < 4.78 is 13.4. The zero-order valence-corrected chi connectivity index (χ0v) is 11.5. The maximum atomic E-state index is 13.4. The number of allylic oxidation sites excluding steroid dienone is 2. The molecule has 0 aromatic heterocycles. The number of alkyl halides is 2. The van der Waals surface area contributed by atoms with Gasteiger partial charge >= 0.3 is 0 Å². The zero-order valence-electron chi connectivity index (χ0n) is 8.32. The van der Waals surface area contributed by atoms with Crippen molar-refractivity contribution in [3.05, 3.63) is 23.6 Å². The Morgan fingerprint density at radius 3 is 2.67 bits per heavy atom. The Morgan fingerprint density at radius 2 is 2.20 bits per heavy atom. The lowest BCUT2D eigenvalue weighted by Crippen LogP contribution is -2.29. The maximum absolute atomic E-state index is 13.4. The molecule has 0 spiro atoms. The van der Waals surface area contributed by atoms with Gasteiger partial charge in [-0.25, -0.2) is 4.39 Å². The van der Waals surface area contributed by atoms with E-state index in [1.807, 2.05) is 6.08 Å². The first-order valence-electron chi connectivity index (χ1n) is 4.50. The van der Waals surface area contributed by atoms with E-state index in [4.69, 9.17) is 0 Å². The van der Waals surface area contributed by atoms with E-state index in [2.05, 4.69) is 37.2 Å². The van der Waals surface area contributed by atoms with Crippen LogP contribution in [0.2, 0.25) is 0 Å². The lowest BCUT2D eigenvalue weighted by Gasteiger charge is -2.29. The number of carbonyl (C=O) groups excluding carboxylic acids is 1. The number of likely N-dealkylation sites (N-methyl/N-ethyl adjacent to an activating group) is 1. The van der Waals surface area contributed by atoms with Crippen molar-refractivity contribution in [1.82, 2.24) is 5.32 Å². The van der Waals surface area contributed by atoms with E-state index in [9.17, 15) is 9.18 Å². The third-order valence-corrected chi connectivity index (χ3v) is 4.55. The highest BCUT2D eigenvalue weighted by Gasteiger charge is 2.31. The van der Waals surface area contributed by atoms with E-state index >= 15 is 0 Å². The van der Waals surface area contributed by atoms with Crippen LogP contribution in [0.25, 0.3) is 0 Å². The lowest BCUT2D eigenvalue weighted by atomic mass is 9.82. The smallest absolute Gasteiger partial charge is 0.250 e. The van der Waals surface area contributed by atoms with Gasteiger partial charge in [0.2, 0.25) is 0 Å². The summed E-state index contributed by atoms with van der Waals surface area (Å²) in [5.41, 5.74) is 0.0425. The highest BCUT2D eigenvalue weighted by atomic mass is 79.9. The van der Waals surface area contributed by atoms with Gasteiger partial charge in [-0.15, -0.1) is 0 Å². The number of rotatable bonds is 3. The van der Waals surface area contributed by atoms with Crippen molar-refractivity contribution in [3.8, 4) is 0 Å². The third kappa shape index (κ3) is 2.91. The molecule has 84 valence electrons. The summed E-state index contributed by atoms with van der Waals surface area (Å²) in [6.45, 7) is 0. The molecular formula is C10H12Br2FNO. The molecule has 0 heterocycles. The van der Waals surface area contributed by atoms with Crippen molar-refractivity contribution < 1.29 is 9.18 Å². The van der Waals surface area contributed by atoms with E-state index in [1.54, 1.807) is 0 Å². The van der Waals surface area contributed by atoms with Crippen LogP contribution < -0.4 is 5.32 Å². The van der Waals surface area contributed by atoms with Gasteiger partial charge in [0.1, 0.15) is 5.83 Å². The molecule has 0 aromatic carbocycles. The highest BCUT2D eigenvalue weighted by Crippen LogP contribution is 2.37. The Bertz CT molecular complexity index is 321. The van der Waals surface area contributed by atoms with E-state index in [1.165, 1.54) is 13.1 Å². The first-order valence-corrected chi connectivity index (χ1v) is 6.74. The van der Waals surface area contributed by atoms with Crippen LogP contribution in [0.5, 0.6) is 0 Å². The van der Waals surface area contributed by atoms with Gasteiger partial charge in [0, 0.05) is 35.1 Å². The molecule has 1 amide bonds. The number of carbonyl (C=O) groups is 1. The molecule has 15 heavy (non-hydrogen) atoms. The van der Waals surface area contributed by atoms with Gasteiger partial charge in [-0.05, 0) is 6.08 Å².